The Morgan fingerprint density at radius 1 is 1.50 bits per heavy atom. The van der Waals surface area contributed by atoms with Crippen molar-refractivity contribution >= 4 is 5.97 Å². The van der Waals surface area contributed by atoms with Crippen LogP contribution in [0, 0.1) is 5.82 Å². The van der Waals surface area contributed by atoms with Crippen molar-refractivity contribution in [2.75, 3.05) is 6.79 Å². The molecule has 4 nitrogen and oxygen atoms in total. The zero-order valence-corrected chi connectivity index (χ0v) is 7.12. The van der Waals surface area contributed by atoms with Crippen LogP contribution in [-0.2, 0) is 11.3 Å². The highest BCUT2D eigenvalue weighted by Gasteiger charge is 2.22. The van der Waals surface area contributed by atoms with Crippen molar-refractivity contribution in [3.8, 4) is 5.75 Å². The van der Waals surface area contributed by atoms with Gasteiger partial charge in [0, 0.05) is 5.56 Å². The van der Waals surface area contributed by atoms with Gasteiger partial charge in [0.25, 0.3) is 0 Å². The number of carboxylic acid groups (broad SMARTS) is 1. The van der Waals surface area contributed by atoms with E-state index in [-0.39, 0.29) is 24.5 Å². The zero-order valence-electron chi connectivity index (χ0n) is 7.12. The van der Waals surface area contributed by atoms with Gasteiger partial charge in [-0.1, -0.05) is 0 Å². The molecule has 74 valence electrons. The van der Waals surface area contributed by atoms with Crippen LogP contribution in [0.3, 0.4) is 0 Å². The maximum absolute atomic E-state index is 13.1. The summed E-state index contributed by atoms with van der Waals surface area (Å²) in [6.07, 6.45) is 0. The number of benzene rings is 1. The molecule has 1 heterocycles. The Labute approximate surface area is 78.9 Å². The van der Waals surface area contributed by atoms with Crippen molar-refractivity contribution in [3.63, 3.8) is 0 Å². The first-order chi connectivity index (χ1) is 6.70. The average molecular weight is 198 g/mol. The van der Waals surface area contributed by atoms with Crippen LogP contribution in [0.2, 0.25) is 0 Å². The molecule has 1 N–H and O–H groups in total. The molecule has 1 aliphatic rings. The van der Waals surface area contributed by atoms with E-state index in [0.29, 0.717) is 5.75 Å². The zero-order chi connectivity index (χ0) is 10.1. The van der Waals surface area contributed by atoms with Crippen LogP contribution in [0.5, 0.6) is 5.75 Å². The lowest BCUT2D eigenvalue weighted by Gasteiger charge is -2.19. The highest BCUT2D eigenvalue weighted by Crippen LogP contribution is 2.28. The van der Waals surface area contributed by atoms with E-state index >= 15 is 0 Å². The second kappa shape index (κ2) is 3.26. The van der Waals surface area contributed by atoms with Gasteiger partial charge in [-0.3, -0.25) is 0 Å². The van der Waals surface area contributed by atoms with Crippen molar-refractivity contribution in [3.05, 3.63) is 29.1 Å². The summed E-state index contributed by atoms with van der Waals surface area (Å²) in [7, 11) is 0. The van der Waals surface area contributed by atoms with Crippen LogP contribution in [0.25, 0.3) is 0 Å². The van der Waals surface area contributed by atoms with Gasteiger partial charge in [-0.2, -0.15) is 0 Å². The van der Waals surface area contributed by atoms with Gasteiger partial charge < -0.3 is 14.6 Å². The van der Waals surface area contributed by atoms with Crippen molar-refractivity contribution in [1.82, 2.24) is 0 Å². The minimum atomic E-state index is -1.31. The summed E-state index contributed by atoms with van der Waals surface area (Å²) in [5.41, 5.74) is -0.119. The lowest BCUT2D eigenvalue weighted by molar-refractivity contribution is -0.0173. The largest absolute Gasteiger partial charge is 0.478 e. The minimum absolute atomic E-state index is 0.0642. The number of carbonyl (C=O) groups is 1. The third-order valence-corrected chi connectivity index (χ3v) is 1.98. The summed E-state index contributed by atoms with van der Waals surface area (Å²) < 4.78 is 23.0. The molecule has 1 aliphatic heterocycles. The number of halogens is 1. The van der Waals surface area contributed by atoms with E-state index in [4.69, 9.17) is 14.6 Å². The molecule has 0 unspecified atom stereocenters. The van der Waals surface area contributed by atoms with E-state index in [1.54, 1.807) is 0 Å². The molecule has 0 saturated heterocycles. The van der Waals surface area contributed by atoms with Gasteiger partial charge in [-0.05, 0) is 12.1 Å². The molecule has 0 aliphatic carbocycles. The molecule has 0 saturated carbocycles. The number of carboxylic acids is 1. The Morgan fingerprint density at radius 2 is 2.29 bits per heavy atom. The molecule has 1 aromatic carbocycles. The Hall–Kier alpha value is -1.62. The summed E-state index contributed by atoms with van der Waals surface area (Å²) >= 11 is 0. The van der Waals surface area contributed by atoms with E-state index in [0.717, 1.165) is 6.07 Å². The second-order valence-corrected chi connectivity index (χ2v) is 2.81. The van der Waals surface area contributed by atoms with Crippen molar-refractivity contribution < 1.29 is 23.8 Å². The number of fused-ring (bicyclic) bond motifs is 1. The molecule has 0 amide bonds. The molecule has 14 heavy (non-hydrogen) atoms. The first kappa shape index (κ1) is 8.96. The summed E-state index contributed by atoms with van der Waals surface area (Å²) in [5.74, 6) is -1.71. The molecule has 0 atom stereocenters. The lowest BCUT2D eigenvalue weighted by Crippen LogP contribution is -2.16. The SMILES string of the molecule is O=C(O)c1c(F)ccc2c1COCO2. The smallest absolute Gasteiger partial charge is 0.339 e. The summed E-state index contributed by atoms with van der Waals surface area (Å²) in [6, 6.07) is 2.48. The predicted molar refractivity (Wildman–Crippen MR) is 43.6 cm³/mol. The fourth-order valence-corrected chi connectivity index (χ4v) is 1.36. The second-order valence-electron chi connectivity index (χ2n) is 2.81. The van der Waals surface area contributed by atoms with Gasteiger partial charge in [-0.15, -0.1) is 0 Å². The molecule has 0 fully saturated rings. The number of aromatic carboxylic acids is 1. The molecule has 0 aromatic heterocycles. The first-order valence-corrected chi connectivity index (χ1v) is 3.95. The fraction of sp³-hybridized carbons (Fsp3) is 0.222. The maximum atomic E-state index is 13.1. The summed E-state index contributed by atoms with van der Waals surface area (Å²) in [5, 5.41) is 8.77. The van der Waals surface area contributed by atoms with Crippen LogP contribution in [0.4, 0.5) is 4.39 Å². The van der Waals surface area contributed by atoms with Crippen LogP contribution >= 0.6 is 0 Å². The highest BCUT2D eigenvalue weighted by atomic mass is 19.1. The number of hydrogen-bond acceptors (Lipinski definition) is 3. The van der Waals surface area contributed by atoms with Gasteiger partial charge in [0.05, 0.1) is 6.61 Å². The van der Waals surface area contributed by atoms with Gasteiger partial charge >= 0.3 is 5.97 Å². The normalized spacial score (nSPS) is 14.4. The van der Waals surface area contributed by atoms with Crippen molar-refractivity contribution in [2.45, 2.75) is 6.61 Å². The van der Waals surface area contributed by atoms with Crippen LogP contribution in [-0.4, -0.2) is 17.9 Å². The monoisotopic (exact) mass is 198 g/mol. The van der Waals surface area contributed by atoms with Crippen LogP contribution in [0.1, 0.15) is 15.9 Å². The molecule has 2 rings (SSSR count). The summed E-state index contributed by atoms with van der Waals surface area (Å²) in [4.78, 5) is 10.7. The van der Waals surface area contributed by atoms with Crippen molar-refractivity contribution in [2.24, 2.45) is 0 Å². The molecule has 1 aromatic rings. The molecular formula is C9H7FO4. The highest BCUT2D eigenvalue weighted by molar-refractivity contribution is 5.90. The summed E-state index contributed by atoms with van der Waals surface area (Å²) in [6.45, 7) is 0.131. The Kier molecular flexibility index (Phi) is 2.09. The third kappa shape index (κ3) is 1.31. The topological polar surface area (TPSA) is 55.8 Å². The van der Waals surface area contributed by atoms with Crippen molar-refractivity contribution in [1.29, 1.82) is 0 Å². The van der Waals surface area contributed by atoms with E-state index in [1.165, 1.54) is 6.07 Å². The van der Waals surface area contributed by atoms with E-state index < -0.39 is 11.8 Å². The van der Waals surface area contributed by atoms with Gasteiger partial charge in [0.15, 0.2) is 6.79 Å². The minimum Gasteiger partial charge on any atom is -0.478 e. The molecule has 0 spiro atoms. The van der Waals surface area contributed by atoms with Gasteiger partial charge in [0.1, 0.15) is 17.1 Å². The van der Waals surface area contributed by atoms with E-state index in [9.17, 15) is 9.18 Å². The van der Waals surface area contributed by atoms with E-state index in [2.05, 4.69) is 0 Å². The molecule has 5 heteroatoms. The van der Waals surface area contributed by atoms with Crippen LogP contribution < -0.4 is 4.74 Å². The molecular weight excluding hydrogens is 191 g/mol. The Balaban J connectivity index is 2.60. The lowest BCUT2D eigenvalue weighted by atomic mass is 10.1. The first-order valence-electron chi connectivity index (χ1n) is 3.95. The number of ether oxygens (including phenoxy) is 2. The quantitative estimate of drug-likeness (QED) is 0.740. The Morgan fingerprint density at radius 3 is 3.00 bits per heavy atom. The molecule has 0 bridgehead atoms. The van der Waals surface area contributed by atoms with Crippen LogP contribution in [0.15, 0.2) is 12.1 Å². The standard InChI is InChI=1S/C9H7FO4/c10-6-1-2-7-5(3-13-4-14-7)8(6)9(11)12/h1-2H,3-4H2,(H,11,12). The molecule has 0 radical (unpaired) electrons. The predicted octanol–water partition coefficient (Wildman–Crippen LogP) is 1.39. The number of hydrogen-bond donors (Lipinski definition) is 1. The maximum Gasteiger partial charge on any atom is 0.339 e. The Bertz CT molecular complexity index is 389. The fourth-order valence-electron chi connectivity index (χ4n) is 1.36. The average Bonchev–Trinajstić information content (AvgIpc) is 2.17. The van der Waals surface area contributed by atoms with Gasteiger partial charge in [-0.25, -0.2) is 9.18 Å². The van der Waals surface area contributed by atoms with Gasteiger partial charge in [0.2, 0.25) is 0 Å². The number of rotatable bonds is 1. The third-order valence-electron chi connectivity index (χ3n) is 1.98. The van der Waals surface area contributed by atoms with E-state index in [1.807, 2.05) is 0 Å².